The molecule has 1 amide bonds. The molecule has 33 heavy (non-hydrogen) atoms. The summed E-state index contributed by atoms with van der Waals surface area (Å²) in [7, 11) is -3.62. The third-order valence-corrected chi connectivity index (χ3v) is 8.16. The lowest BCUT2D eigenvalue weighted by Gasteiger charge is -2.26. The van der Waals surface area contributed by atoms with Crippen LogP contribution in [0, 0.1) is 0 Å². The van der Waals surface area contributed by atoms with Crippen molar-refractivity contribution in [3.05, 3.63) is 63.9 Å². The van der Waals surface area contributed by atoms with Gasteiger partial charge in [0.15, 0.2) is 10.2 Å². The second kappa shape index (κ2) is 10.4. The van der Waals surface area contributed by atoms with Crippen LogP contribution in [0.4, 0.5) is 5.13 Å². The number of amides is 1. The lowest BCUT2D eigenvalue weighted by atomic mass is 10.2. The predicted octanol–water partition coefficient (Wildman–Crippen LogP) is 3.72. The zero-order chi connectivity index (χ0) is 23.4. The molecule has 1 aliphatic rings. The molecular formula is C21H19BrN4O4S3. The van der Waals surface area contributed by atoms with Gasteiger partial charge in [0.25, 0.3) is 5.91 Å². The summed E-state index contributed by atoms with van der Waals surface area (Å²) in [6, 6.07) is 13.5. The molecule has 1 fully saturated rings. The Morgan fingerprint density at radius 1 is 1.15 bits per heavy atom. The van der Waals surface area contributed by atoms with Gasteiger partial charge in [-0.15, -0.1) is 11.3 Å². The number of nitrogens with one attached hydrogen (secondary N) is 2. The highest BCUT2D eigenvalue weighted by Gasteiger charge is 2.26. The first-order chi connectivity index (χ1) is 15.8. The minimum absolute atomic E-state index is 0.0974. The molecule has 0 unspecified atom stereocenters. The van der Waals surface area contributed by atoms with Gasteiger partial charge in [-0.25, -0.2) is 13.4 Å². The highest BCUT2D eigenvalue weighted by Crippen LogP contribution is 2.27. The van der Waals surface area contributed by atoms with Crippen molar-refractivity contribution in [2.75, 3.05) is 31.6 Å². The van der Waals surface area contributed by atoms with Crippen LogP contribution >= 0.6 is 39.5 Å². The van der Waals surface area contributed by atoms with E-state index in [0.29, 0.717) is 31.4 Å². The van der Waals surface area contributed by atoms with Gasteiger partial charge in [-0.1, -0.05) is 28.1 Å². The number of ether oxygens (including phenoxy) is 1. The van der Waals surface area contributed by atoms with Crippen molar-refractivity contribution in [3.63, 3.8) is 0 Å². The third-order valence-electron chi connectivity index (χ3n) is 4.80. The van der Waals surface area contributed by atoms with Gasteiger partial charge >= 0.3 is 0 Å². The summed E-state index contributed by atoms with van der Waals surface area (Å²) in [6.45, 7) is 1.36. The van der Waals surface area contributed by atoms with Crippen LogP contribution in [-0.2, 0) is 14.8 Å². The molecule has 4 rings (SSSR count). The quantitative estimate of drug-likeness (QED) is 0.454. The Labute approximate surface area is 209 Å². The molecule has 8 nitrogen and oxygen atoms in total. The Hall–Kier alpha value is -2.22. The summed E-state index contributed by atoms with van der Waals surface area (Å²) in [5.74, 6) is -0.452. The van der Waals surface area contributed by atoms with Gasteiger partial charge in [0, 0.05) is 34.1 Å². The zero-order valence-corrected chi connectivity index (χ0v) is 21.2. The Bertz CT molecular complexity index is 1270. The van der Waals surface area contributed by atoms with Crippen LogP contribution in [0.25, 0.3) is 11.3 Å². The van der Waals surface area contributed by atoms with Gasteiger partial charge in [-0.2, -0.15) is 4.31 Å². The van der Waals surface area contributed by atoms with E-state index in [1.807, 2.05) is 29.6 Å². The Morgan fingerprint density at radius 3 is 2.58 bits per heavy atom. The lowest BCUT2D eigenvalue weighted by molar-refractivity contribution is 0.0730. The van der Waals surface area contributed by atoms with Gasteiger partial charge in [-0.05, 0) is 48.6 Å². The van der Waals surface area contributed by atoms with Crippen LogP contribution in [-0.4, -0.2) is 55.0 Å². The van der Waals surface area contributed by atoms with Gasteiger partial charge < -0.3 is 10.1 Å². The van der Waals surface area contributed by atoms with Crippen molar-refractivity contribution in [2.24, 2.45) is 0 Å². The van der Waals surface area contributed by atoms with Gasteiger partial charge in [0.05, 0.1) is 23.8 Å². The Morgan fingerprint density at radius 2 is 1.88 bits per heavy atom. The minimum Gasteiger partial charge on any atom is -0.379 e. The molecule has 12 heteroatoms. The standard InChI is InChI=1S/C21H19BrN4O4S3/c22-16-3-1-2-15(12-16)18-13-32-21(23-18)25-20(31)24-19(27)14-4-6-17(7-5-14)33(28,29)26-8-10-30-11-9-26/h1-7,12-13H,8-11H2,(H2,23,24,25,27,31). The molecule has 0 saturated carbocycles. The van der Waals surface area contributed by atoms with Gasteiger partial charge in [-0.3, -0.25) is 10.1 Å². The van der Waals surface area contributed by atoms with E-state index >= 15 is 0 Å². The number of hydrogen-bond acceptors (Lipinski definition) is 7. The van der Waals surface area contributed by atoms with Crippen LogP contribution < -0.4 is 10.6 Å². The molecule has 2 heterocycles. The molecule has 3 aromatic rings. The SMILES string of the molecule is O=C(NC(=S)Nc1nc(-c2cccc(Br)c2)cs1)c1ccc(S(=O)(=O)N2CCOCC2)cc1. The van der Waals surface area contributed by atoms with E-state index in [1.54, 1.807) is 0 Å². The number of hydrogen-bond donors (Lipinski definition) is 2. The normalized spacial score (nSPS) is 14.6. The van der Waals surface area contributed by atoms with E-state index in [2.05, 4.69) is 31.5 Å². The lowest BCUT2D eigenvalue weighted by Crippen LogP contribution is -2.40. The number of benzene rings is 2. The van der Waals surface area contributed by atoms with E-state index in [-0.39, 0.29) is 15.6 Å². The van der Waals surface area contributed by atoms with E-state index < -0.39 is 15.9 Å². The number of thiazole rings is 1. The van der Waals surface area contributed by atoms with Crippen molar-refractivity contribution >= 4 is 65.7 Å². The number of rotatable bonds is 5. The highest BCUT2D eigenvalue weighted by atomic mass is 79.9. The smallest absolute Gasteiger partial charge is 0.257 e. The minimum atomic E-state index is -3.62. The summed E-state index contributed by atoms with van der Waals surface area (Å²) in [6.07, 6.45) is 0. The fourth-order valence-electron chi connectivity index (χ4n) is 3.13. The Kier molecular flexibility index (Phi) is 7.51. The van der Waals surface area contributed by atoms with E-state index in [4.69, 9.17) is 17.0 Å². The van der Waals surface area contributed by atoms with Crippen molar-refractivity contribution in [1.29, 1.82) is 0 Å². The summed E-state index contributed by atoms with van der Waals surface area (Å²) in [5.41, 5.74) is 2.03. The van der Waals surface area contributed by atoms with Crippen molar-refractivity contribution in [2.45, 2.75) is 4.90 Å². The average Bonchev–Trinajstić information content (AvgIpc) is 3.28. The predicted molar refractivity (Wildman–Crippen MR) is 135 cm³/mol. The van der Waals surface area contributed by atoms with Crippen molar-refractivity contribution < 1.29 is 17.9 Å². The highest BCUT2D eigenvalue weighted by molar-refractivity contribution is 9.10. The molecule has 2 aromatic carbocycles. The van der Waals surface area contributed by atoms with Gasteiger partial charge in [0.2, 0.25) is 10.0 Å². The van der Waals surface area contributed by atoms with Crippen LogP contribution in [0.5, 0.6) is 0 Å². The number of carbonyl (C=O) groups is 1. The first-order valence-corrected chi connectivity index (χ1v) is 13.4. The molecule has 0 bridgehead atoms. The van der Waals surface area contributed by atoms with E-state index in [9.17, 15) is 13.2 Å². The summed E-state index contributed by atoms with van der Waals surface area (Å²) in [4.78, 5) is 17.2. The van der Waals surface area contributed by atoms with Crippen LogP contribution in [0.1, 0.15) is 10.4 Å². The second-order valence-corrected chi connectivity index (χ2v) is 11.1. The number of morpholine rings is 1. The summed E-state index contributed by atoms with van der Waals surface area (Å²) < 4.78 is 32.9. The molecule has 0 aliphatic carbocycles. The van der Waals surface area contributed by atoms with Crippen LogP contribution in [0.3, 0.4) is 0 Å². The average molecular weight is 568 g/mol. The third kappa shape index (κ3) is 5.83. The number of carbonyl (C=O) groups excluding carboxylic acids is 1. The summed E-state index contributed by atoms with van der Waals surface area (Å²) in [5, 5.41) is 8.03. The number of anilines is 1. The topological polar surface area (TPSA) is 101 Å². The number of aromatic nitrogens is 1. The molecule has 172 valence electrons. The monoisotopic (exact) mass is 566 g/mol. The first-order valence-electron chi connectivity index (χ1n) is 9.85. The fourth-order valence-corrected chi connectivity index (χ4v) is 5.91. The maximum atomic E-state index is 12.7. The molecule has 0 atom stereocenters. The first kappa shape index (κ1) is 23.9. The van der Waals surface area contributed by atoms with Crippen LogP contribution in [0.15, 0.2) is 63.3 Å². The second-order valence-electron chi connectivity index (χ2n) is 7.00. The zero-order valence-electron chi connectivity index (χ0n) is 17.2. The van der Waals surface area contributed by atoms with Gasteiger partial charge in [0.1, 0.15) is 0 Å². The summed E-state index contributed by atoms with van der Waals surface area (Å²) >= 11 is 10.0. The number of thiocarbonyl (C=S) groups is 1. The largest absolute Gasteiger partial charge is 0.379 e. The molecule has 2 N–H and O–H groups in total. The number of sulfonamides is 1. The maximum Gasteiger partial charge on any atom is 0.257 e. The number of nitrogens with zero attached hydrogens (tertiary/aromatic N) is 2. The molecule has 1 saturated heterocycles. The van der Waals surface area contributed by atoms with Crippen molar-refractivity contribution in [1.82, 2.24) is 14.6 Å². The van der Waals surface area contributed by atoms with E-state index in [1.165, 1.54) is 39.9 Å². The van der Waals surface area contributed by atoms with Crippen molar-refractivity contribution in [3.8, 4) is 11.3 Å². The van der Waals surface area contributed by atoms with Crippen LogP contribution in [0.2, 0.25) is 0 Å². The molecule has 0 spiro atoms. The van der Waals surface area contributed by atoms with E-state index in [0.717, 1.165) is 15.7 Å². The molecule has 1 aliphatic heterocycles. The fraction of sp³-hybridized carbons (Fsp3) is 0.190. The maximum absolute atomic E-state index is 12.7. The molecule has 0 radical (unpaired) electrons. The number of halogens is 1. The molecular weight excluding hydrogens is 548 g/mol. The molecule has 1 aromatic heterocycles. The Balaban J connectivity index is 1.37.